The Labute approximate surface area is 99.6 Å². The zero-order valence-electron chi connectivity index (χ0n) is 6.92. The van der Waals surface area contributed by atoms with E-state index in [4.69, 9.17) is 0 Å². The molecular formula is C9H8Br2OS. The standard InChI is InChI=1S/C9H8Br2OS/c1-5(12)9(11)6-2-3-8(13)7(10)4-6/h2-4,9,13H,1H3. The summed E-state index contributed by atoms with van der Waals surface area (Å²) in [6.45, 7) is 1.56. The van der Waals surface area contributed by atoms with Crippen molar-refractivity contribution in [3.63, 3.8) is 0 Å². The van der Waals surface area contributed by atoms with Crippen LogP contribution in [0.3, 0.4) is 0 Å². The van der Waals surface area contributed by atoms with Gasteiger partial charge in [-0.25, -0.2) is 0 Å². The van der Waals surface area contributed by atoms with E-state index in [1.54, 1.807) is 6.92 Å². The van der Waals surface area contributed by atoms with E-state index in [0.29, 0.717) is 0 Å². The molecule has 0 saturated heterocycles. The second-order valence-electron chi connectivity index (χ2n) is 2.68. The van der Waals surface area contributed by atoms with E-state index < -0.39 is 0 Å². The number of ketones is 1. The van der Waals surface area contributed by atoms with Crippen LogP contribution in [0.25, 0.3) is 0 Å². The van der Waals surface area contributed by atoms with Crippen LogP contribution in [0.15, 0.2) is 27.6 Å². The number of Topliss-reactive ketones (excluding diaryl/α,β-unsaturated/α-hetero) is 1. The molecule has 0 N–H and O–H groups in total. The maximum Gasteiger partial charge on any atom is 0.147 e. The highest BCUT2D eigenvalue weighted by Crippen LogP contribution is 2.29. The summed E-state index contributed by atoms with van der Waals surface area (Å²) in [5.41, 5.74) is 0.942. The molecule has 0 bridgehead atoms. The summed E-state index contributed by atoms with van der Waals surface area (Å²) in [7, 11) is 0. The van der Waals surface area contributed by atoms with Crippen LogP contribution >= 0.6 is 44.5 Å². The Morgan fingerprint density at radius 2 is 2.15 bits per heavy atom. The average molecular weight is 324 g/mol. The molecule has 4 heteroatoms. The Morgan fingerprint density at radius 1 is 1.54 bits per heavy atom. The van der Waals surface area contributed by atoms with Gasteiger partial charge in [0.1, 0.15) is 5.78 Å². The molecule has 1 aromatic carbocycles. The predicted octanol–water partition coefficient (Wildman–Crippen LogP) is 3.76. The summed E-state index contributed by atoms with van der Waals surface area (Å²) in [5, 5.41) is 0. The Balaban J connectivity index is 3.03. The van der Waals surface area contributed by atoms with E-state index in [2.05, 4.69) is 44.5 Å². The molecule has 1 aromatic rings. The molecule has 0 heterocycles. The van der Waals surface area contributed by atoms with Gasteiger partial charge < -0.3 is 0 Å². The summed E-state index contributed by atoms with van der Waals surface area (Å²) in [6.07, 6.45) is 0. The van der Waals surface area contributed by atoms with Gasteiger partial charge in [-0.15, -0.1) is 12.6 Å². The van der Waals surface area contributed by atoms with Gasteiger partial charge in [0.2, 0.25) is 0 Å². The summed E-state index contributed by atoms with van der Waals surface area (Å²) in [4.78, 5) is 11.7. The molecule has 1 unspecified atom stereocenters. The minimum absolute atomic E-state index is 0.0961. The van der Waals surface area contributed by atoms with Gasteiger partial charge in [0, 0.05) is 9.37 Å². The Hall–Kier alpha value is 0.200. The molecule has 13 heavy (non-hydrogen) atoms. The molecule has 0 aromatic heterocycles. The third kappa shape index (κ3) is 2.82. The van der Waals surface area contributed by atoms with Gasteiger partial charge in [-0.3, -0.25) is 4.79 Å². The Morgan fingerprint density at radius 3 is 2.62 bits per heavy atom. The molecule has 0 aliphatic heterocycles. The molecule has 0 spiro atoms. The van der Waals surface area contributed by atoms with Crippen LogP contribution < -0.4 is 0 Å². The number of halogens is 2. The Bertz CT molecular complexity index is 338. The summed E-state index contributed by atoms with van der Waals surface area (Å²) < 4.78 is 0.902. The zero-order chi connectivity index (χ0) is 10.0. The van der Waals surface area contributed by atoms with Crippen LogP contribution in [0.1, 0.15) is 17.3 Å². The number of thiol groups is 1. The lowest BCUT2D eigenvalue weighted by Gasteiger charge is -2.07. The minimum Gasteiger partial charge on any atom is -0.298 e. The lowest BCUT2D eigenvalue weighted by atomic mass is 10.1. The SMILES string of the molecule is CC(=O)C(Br)c1ccc(S)c(Br)c1. The maximum absolute atomic E-state index is 11.1. The highest BCUT2D eigenvalue weighted by molar-refractivity contribution is 9.10. The summed E-state index contributed by atoms with van der Waals surface area (Å²) >= 11 is 10.9. The minimum atomic E-state index is -0.224. The second-order valence-corrected chi connectivity index (χ2v) is 4.94. The number of alkyl halides is 1. The molecule has 1 nitrogen and oxygen atoms in total. The van der Waals surface area contributed by atoms with E-state index >= 15 is 0 Å². The van der Waals surface area contributed by atoms with Crippen molar-refractivity contribution >= 4 is 50.3 Å². The highest BCUT2D eigenvalue weighted by Gasteiger charge is 2.12. The first-order chi connectivity index (χ1) is 6.02. The summed E-state index contributed by atoms with van der Waals surface area (Å²) in [5.74, 6) is 0.0961. The number of hydrogen-bond donors (Lipinski definition) is 1. The normalized spacial score (nSPS) is 12.6. The number of benzene rings is 1. The van der Waals surface area contributed by atoms with E-state index in [0.717, 1.165) is 14.9 Å². The maximum atomic E-state index is 11.1. The first kappa shape index (κ1) is 11.3. The van der Waals surface area contributed by atoms with Crippen LogP contribution in [0.4, 0.5) is 0 Å². The van der Waals surface area contributed by atoms with E-state index in [-0.39, 0.29) is 10.6 Å². The first-order valence-corrected chi connectivity index (χ1v) is 5.81. The van der Waals surface area contributed by atoms with Gasteiger partial charge >= 0.3 is 0 Å². The third-order valence-corrected chi connectivity index (χ3v) is 4.15. The fourth-order valence-electron chi connectivity index (χ4n) is 0.916. The van der Waals surface area contributed by atoms with E-state index in [1.807, 2.05) is 18.2 Å². The molecule has 0 saturated carbocycles. The van der Waals surface area contributed by atoms with Crippen LogP contribution in [0, 0.1) is 0 Å². The fraction of sp³-hybridized carbons (Fsp3) is 0.222. The van der Waals surface area contributed by atoms with Crippen molar-refractivity contribution in [1.82, 2.24) is 0 Å². The molecule has 70 valence electrons. The lowest BCUT2D eigenvalue weighted by Crippen LogP contribution is -2.00. The van der Waals surface area contributed by atoms with Crippen molar-refractivity contribution in [3.05, 3.63) is 28.2 Å². The monoisotopic (exact) mass is 322 g/mol. The van der Waals surface area contributed by atoms with Crippen LogP contribution in [-0.4, -0.2) is 5.78 Å². The van der Waals surface area contributed by atoms with Gasteiger partial charge in [0.25, 0.3) is 0 Å². The fourth-order valence-corrected chi connectivity index (χ4v) is 1.74. The van der Waals surface area contributed by atoms with Gasteiger partial charge in [-0.2, -0.15) is 0 Å². The second kappa shape index (κ2) is 4.62. The molecule has 0 aliphatic carbocycles. The smallest absolute Gasteiger partial charge is 0.147 e. The molecule has 1 atom stereocenters. The topological polar surface area (TPSA) is 17.1 Å². The highest BCUT2D eigenvalue weighted by atomic mass is 79.9. The lowest BCUT2D eigenvalue weighted by molar-refractivity contribution is -0.116. The van der Waals surface area contributed by atoms with Crippen LogP contribution in [-0.2, 0) is 4.79 Å². The molecule has 0 radical (unpaired) electrons. The molecule has 1 rings (SSSR count). The Kier molecular flexibility index (Phi) is 4.01. The van der Waals surface area contributed by atoms with Gasteiger partial charge in [-0.1, -0.05) is 22.0 Å². The molecule has 0 amide bonds. The summed E-state index contributed by atoms with van der Waals surface area (Å²) in [6, 6.07) is 5.64. The zero-order valence-corrected chi connectivity index (χ0v) is 11.0. The van der Waals surface area contributed by atoms with Crippen molar-refractivity contribution in [2.45, 2.75) is 16.6 Å². The molecular weight excluding hydrogens is 316 g/mol. The molecule has 0 aliphatic rings. The molecule has 0 fully saturated rings. The van der Waals surface area contributed by atoms with Crippen molar-refractivity contribution < 1.29 is 4.79 Å². The van der Waals surface area contributed by atoms with Crippen molar-refractivity contribution in [2.75, 3.05) is 0 Å². The average Bonchev–Trinajstić information content (AvgIpc) is 2.08. The van der Waals surface area contributed by atoms with Crippen molar-refractivity contribution in [2.24, 2.45) is 0 Å². The number of carbonyl (C=O) groups is 1. The number of rotatable bonds is 2. The van der Waals surface area contributed by atoms with Gasteiger partial charge in [0.05, 0.1) is 4.83 Å². The van der Waals surface area contributed by atoms with Crippen molar-refractivity contribution in [3.8, 4) is 0 Å². The number of hydrogen-bond acceptors (Lipinski definition) is 2. The van der Waals surface area contributed by atoms with Crippen LogP contribution in [0.2, 0.25) is 0 Å². The largest absolute Gasteiger partial charge is 0.298 e. The predicted molar refractivity (Wildman–Crippen MR) is 63.7 cm³/mol. The van der Waals surface area contributed by atoms with Crippen LogP contribution in [0.5, 0.6) is 0 Å². The van der Waals surface area contributed by atoms with E-state index in [1.165, 1.54) is 0 Å². The van der Waals surface area contributed by atoms with E-state index in [9.17, 15) is 4.79 Å². The third-order valence-electron chi connectivity index (χ3n) is 1.62. The van der Waals surface area contributed by atoms with Gasteiger partial charge in [-0.05, 0) is 40.5 Å². The quantitative estimate of drug-likeness (QED) is 0.647. The first-order valence-electron chi connectivity index (χ1n) is 3.65. The van der Waals surface area contributed by atoms with Crippen molar-refractivity contribution in [1.29, 1.82) is 0 Å². The van der Waals surface area contributed by atoms with Gasteiger partial charge in [0.15, 0.2) is 0 Å². The number of carbonyl (C=O) groups excluding carboxylic acids is 1.